The Morgan fingerprint density at radius 1 is 1.17 bits per heavy atom. The molecule has 0 fully saturated rings. The summed E-state index contributed by atoms with van der Waals surface area (Å²) in [7, 11) is 0. The summed E-state index contributed by atoms with van der Waals surface area (Å²) < 4.78 is 11.3. The highest BCUT2D eigenvalue weighted by atomic mass is 32.1. The smallest absolute Gasteiger partial charge is 0.341 e. The fraction of sp³-hybridized carbons (Fsp3) is 0.478. The SMILES string of the molecule is CCOC(=O)c1c(NC(=O)C(CC)Oc2ccc(C)cc2C)sc2c1CCCC2. The second kappa shape index (κ2) is 9.44. The van der Waals surface area contributed by atoms with Gasteiger partial charge in [0.25, 0.3) is 5.91 Å². The van der Waals surface area contributed by atoms with Gasteiger partial charge in [0.05, 0.1) is 12.2 Å². The molecule has 3 rings (SSSR count). The van der Waals surface area contributed by atoms with Crippen molar-refractivity contribution in [2.45, 2.75) is 65.9 Å². The number of amides is 1. The number of thiophene rings is 1. The van der Waals surface area contributed by atoms with Crippen LogP contribution in [-0.4, -0.2) is 24.6 Å². The highest BCUT2D eigenvalue weighted by molar-refractivity contribution is 7.17. The third kappa shape index (κ3) is 4.81. The Labute approximate surface area is 176 Å². The lowest BCUT2D eigenvalue weighted by Gasteiger charge is -2.19. The van der Waals surface area contributed by atoms with Gasteiger partial charge in [-0.05, 0) is 70.1 Å². The van der Waals surface area contributed by atoms with E-state index in [0.29, 0.717) is 29.3 Å². The van der Waals surface area contributed by atoms with Crippen molar-refractivity contribution >= 4 is 28.2 Å². The van der Waals surface area contributed by atoms with Crippen LogP contribution in [0.15, 0.2) is 18.2 Å². The van der Waals surface area contributed by atoms with Gasteiger partial charge in [0.2, 0.25) is 0 Å². The van der Waals surface area contributed by atoms with Crippen LogP contribution in [0.25, 0.3) is 0 Å². The van der Waals surface area contributed by atoms with Crippen LogP contribution in [0, 0.1) is 13.8 Å². The van der Waals surface area contributed by atoms with Crippen LogP contribution in [0.5, 0.6) is 5.75 Å². The van der Waals surface area contributed by atoms with Crippen LogP contribution >= 0.6 is 11.3 Å². The Kier molecular flexibility index (Phi) is 6.96. The highest BCUT2D eigenvalue weighted by Crippen LogP contribution is 2.38. The number of ether oxygens (including phenoxy) is 2. The van der Waals surface area contributed by atoms with E-state index in [1.807, 2.05) is 39.0 Å². The van der Waals surface area contributed by atoms with Gasteiger partial charge >= 0.3 is 5.97 Å². The summed E-state index contributed by atoms with van der Waals surface area (Å²) in [5, 5.41) is 3.55. The lowest BCUT2D eigenvalue weighted by Crippen LogP contribution is -2.32. The molecule has 5 nitrogen and oxygen atoms in total. The summed E-state index contributed by atoms with van der Waals surface area (Å²) in [6.07, 6.45) is 3.85. The molecule has 0 spiro atoms. The molecule has 2 aromatic rings. The minimum atomic E-state index is -0.634. The van der Waals surface area contributed by atoms with Crippen molar-refractivity contribution in [3.8, 4) is 5.75 Å². The normalized spacial score (nSPS) is 14.1. The first-order valence-corrected chi connectivity index (χ1v) is 11.1. The Bertz CT molecular complexity index is 903. The molecule has 1 aliphatic carbocycles. The minimum absolute atomic E-state index is 0.239. The Morgan fingerprint density at radius 2 is 1.93 bits per heavy atom. The monoisotopic (exact) mass is 415 g/mol. The number of aryl methyl sites for hydroxylation is 3. The largest absolute Gasteiger partial charge is 0.480 e. The number of hydrogen-bond acceptors (Lipinski definition) is 5. The molecule has 0 saturated heterocycles. The number of anilines is 1. The minimum Gasteiger partial charge on any atom is -0.480 e. The summed E-state index contributed by atoms with van der Waals surface area (Å²) in [4.78, 5) is 26.8. The molecule has 156 valence electrons. The first-order valence-electron chi connectivity index (χ1n) is 10.3. The molecule has 0 aliphatic heterocycles. The van der Waals surface area contributed by atoms with Crippen LogP contribution in [0.1, 0.15) is 65.0 Å². The number of carbonyl (C=O) groups excluding carboxylic acids is 2. The topological polar surface area (TPSA) is 64.6 Å². The van der Waals surface area contributed by atoms with E-state index in [1.165, 1.54) is 16.2 Å². The van der Waals surface area contributed by atoms with Crippen molar-refractivity contribution < 1.29 is 19.1 Å². The molecule has 0 radical (unpaired) electrons. The van der Waals surface area contributed by atoms with Gasteiger partial charge in [0.1, 0.15) is 10.8 Å². The second-order valence-electron chi connectivity index (χ2n) is 7.41. The van der Waals surface area contributed by atoms with Crippen molar-refractivity contribution in [1.82, 2.24) is 0 Å². The van der Waals surface area contributed by atoms with Crippen molar-refractivity contribution in [3.63, 3.8) is 0 Å². The summed E-state index contributed by atoms with van der Waals surface area (Å²) in [6, 6.07) is 5.90. The van der Waals surface area contributed by atoms with Gasteiger partial charge in [0.15, 0.2) is 6.10 Å². The Balaban J connectivity index is 1.83. The number of nitrogens with one attached hydrogen (secondary N) is 1. The molecule has 1 aliphatic rings. The quantitative estimate of drug-likeness (QED) is 0.630. The molecule has 1 atom stereocenters. The van der Waals surface area contributed by atoms with Crippen LogP contribution < -0.4 is 10.1 Å². The van der Waals surface area contributed by atoms with Crippen LogP contribution in [0.4, 0.5) is 5.00 Å². The van der Waals surface area contributed by atoms with Gasteiger partial charge < -0.3 is 14.8 Å². The van der Waals surface area contributed by atoms with Crippen molar-refractivity contribution in [1.29, 1.82) is 0 Å². The molecule has 0 bridgehead atoms. The standard InChI is InChI=1S/C23H29NO4S/c1-5-17(28-18-12-11-14(3)13-15(18)4)21(25)24-22-20(23(26)27-6-2)16-9-7-8-10-19(16)29-22/h11-13,17H,5-10H2,1-4H3,(H,24,25). The molecule has 1 unspecified atom stereocenters. The lowest BCUT2D eigenvalue weighted by molar-refractivity contribution is -0.122. The lowest BCUT2D eigenvalue weighted by atomic mass is 9.95. The van der Waals surface area contributed by atoms with Crippen molar-refractivity contribution in [3.05, 3.63) is 45.3 Å². The van der Waals surface area contributed by atoms with Gasteiger partial charge in [-0.2, -0.15) is 0 Å². The van der Waals surface area contributed by atoms with E-state index in [1.54, 1.807) is 6.92 Å². The zero-order valence-corrected chi connectivity index (χ0v) is 18.4. The first-order chi connectivity index (χ1) is 13.9. The number of esters is 1. The predicted molar refractivity (Wildman–Crippen MR) is 116 cm³/mol. The third-order valence-electron chi connectivity index (χ3n) is 5.15. The van der Waals surface area contributed by atoms with Gasteiger partial charge in [-0.25, -0.2) is 4.79 Å². The van der Waals surface area contributed by atoms with E-state index in [9.17, 15) is 9.59 Å². The predicted octanol–water partition coefficient (Wildman–Crippen LogP) is 5.22. The summed E-state index contributed by atoms with van der Waals surface area (Å²) in [6.45, 7) is 8.01. The van der Waals surface area contributed by atoms with Crippen LogP contribution in [0.2, 0.25) is 0 Å². The fourth-order valence-corrected chi connectivity index (χ4v) is 4.95. The second-order valence-corrected chi connectivity index (χ2v) is 8.51. The molecule has 0 saturated carbocycles. The number of hydrogen-bond donors (Lipinski definition) is 1. The fourth-order valence-electron chi connectivity index (χ4n) is 3.67. The maximum absolute atomic E-state index is 13.0. The van der Waals surface area contributed by atoms with E-state index in [0.717, 1.165) is 42.4 Å². The molecule has 1 amide bonds. The van der Waals surface area contributed by atoms with E-state index in [2.05, 4.69) is 5.32 Å². The molecular weight excluding hydrogens is 386 g/mol. The zero-order chi connectivity index (χ0) is 21.0. The van der Waals surface area contributed by atoms with Gasteiger partial charge in [-0.3, -0.25) is 4.79 Å². The summed E-state index contributed by atoms with van der Waals surface area (Å²) in [5.74, 6) is 0.107. The number of fused-ring (bicyclic) bond motifs is 1. The Hall–Kier alpha value is -2.34. The molecule has 1 N–H and O–H groups in total. The first kappa shape index (κ1) is 21.4. The van der Waals surface area contributed by atoms with E-state index < -0.39 is 6.10 Å². The average molecular weight is 416 g/mol. The molecule has 1 heterocycles. The maximum atomic E-state index is 13.0. The number of benzene rings is 1. The van der Waals surface area contributed by atoms with Gasteiger partial charge in [0, 0.05) is 4.88 Å². The molecule has 1 aromatic carbocycles. The maximum Gasteiger partial charge on any atom is 0.341 e. The molecule has 1 aromatic heterocycles. The highest BCUT2D eigenvalue weighted by Gasteiger charge is 2.29. The third-order valence-corrected chi connectivity index (χ3v) is 6.36. The van der Waals surface area contributed by atoms with Gasteiger partial charge in [-0.15, -0.1) is 11.3 Å². The number of rotatable bonds is 7. The Morgan fingerprint density at radius 3 is 2.62 bits per heavy atom. The number of carbonyl (C=O) groups is 2. The summed E-state index contributed by atoms with van der Waals surface area (Å²) >= 11 is 1.50. The molecule has 6 heteroatoms. The molecular formula is C23H29NO4S. The average Bonchev–Trinajstić information content (AvgIpc) is 3.05. The van der Waals surface area contributed by atoms with Crippen LogP contribution in [-0.2, 0) is 22.4 Å². The van der Waals surface area contributed by atoms with Crippen LogP contribution in [0.3, 0.4) is 0 Å². The van der Waals surface area contributed by atoms with Crippen molar-refractivity contribution in [2.75, 3.05) is 11.9 Å². The zero-order valence-electron chi connectivity index (χ0n) is 17.6. The van der Waals surface area contributed by atoms with Gasteiger partial charge in [-0.1, -0.05) is 24.6 Å². The van der Waals surface area contributed by atoms with Crippen molar-refractivity contribution in [2.24, 2.45) is 0 Å². The molecule has 29 heavy (non-hydrogen) atoms. The summed E-state index contributed by atoms with van der Waals surface area (Å²) in [5.41, 5.74) is 3.71. The van der Waals surface area contributed by atoms with E-state index in [-0.39, 0.29) is 11.9 Å². The van der Waals surface area contributed by atoms with E-state index in [4.69, 9.17) is 9.47 Å². The van der Waals surface area contributed by atoms with E-state index >= 15 is 0 Å².